The summed E-state index contributed by atoms with van der Waals surface area (Å²) in [7, 11) is 3.24. The van der Waals surface area contributed by atoms with Crippen LogP contribution >= 0.6 is 0 Å². The van der Waals surface area contributed by atoms with Gasteiger partial charge in [-0.05, 0) is 34.9 Å². The number of benzene rings is 3. The minimum absolute atomic E-state index is 0.0444. The molecule has 148 valence electrons. The van der Waals surface area contributed by atoms with E-state index in [2.05, 4.69) is 0 Å². The van der Waals surface area contributed by atoms with Crippen molar-refractivity contribution in [3.8, 4) is 22.6 Å². The van der Waals surface area contributed by atoms with E-state index in [-0.39, 0.29) is 12.5 Å². The Balaban J connectivity index is 1.79. The van der Waals surface area contributed by atoms with Crippen molar-refractivity contribution in [1.29, 1.82) is 0 Å². The number of methoxy groups -OCH3 is 2. The van der Waals surface area contributed by atoms with Gasteiger partial charge in [0.2, 0.25) is 0 Å². The number of fused-ring (bicyclic) bond motifs is 1. The average Bonchev–Trinajstić information content (AvgIpc) is 2.92. The Morgan fingerprint density at radius 1 is 0.897 bits per heavy atom. The molecule has 29 heavy (non-hydrogen) atoms. The molecule has 5 nitrogen and oxygen atoms in total. The first-order valence-corrected chi connectivity index (χ1v) is 9.47. The van der Waals surface area contributed by atoms with Gasteiger partial charge in [0.1, 0.15) is 6.61 Å². The number of amides is 1. The van der Waals surface area contributed by atoms with E-state index in [1.807, 2.05) is 71.6 Å². The van der Waals surface area contributed by atoms with Crippen molar-refractivity contribution < 1.29 is 19.0 Å². The number of hydrogen-bond donors (Lipinski definition) is 0. The maximum Gasteiger partial charge on any atom is 0.253 e. The smallest absolute Gasteiger partial charge is 0.253 e. The fraction of sp³-hybridized carbons (Fsp3) is 0.208. The Bertz CT molecular complexity index is 1020. The summed E-state index contributed by atoms with van der Waals surface area (Å²) in [6.07, 6.45) is 0. The maximum atomic E-state index is 12.8. The van der Waals surface area contributed by atoms with Crippen LogP contribution in [0.5, 0.6) is 11.5 Å². The predicted molar refractivity (Wildman–Crippen MR) is 112 cm³/mol. The van der Waals surface area contributed by atoms with Gasteiger partial charge in [0, 0.05) is 5.56 Å². The molecule has 0 atom stereocenters. The normalized spacial score (nSPS) is 13.6. The predicted octanol–water partition coefficient (Wildman–Crippen LogP) is 4.43. The number of rotatable bonds is 5. The Morgan fingerprint density at radius 2 is 1.69 bits per heavy atom. The first-order valence-electron chi connectivity index (χ1n) is 9.47. The van der Waals surface area contributed by atoms with Crippen molar-refractivity contribution in [1.82, 2.24) is 0 Å². The van der Waals surface area contributed by atoms with Gasteiger partial charge in [-0.25, -0.2) is 0 Å². The zero-order chi connectivity index (χ0) is 20.2. The Morgan fingerprint density at radius 3 is 2.45 bits per heavy atom. The monoisotopic (exact) mass is 389 g/mol. The van der Waals surface area contributed by atoms with Crippen LogP contribution in [-0.2, 0) is 22.7 Å². The lowest BCUT2D eigenvalue weighted by Crippen LogP contribution is -2.32. The third-order valence-corrected chi connectivity index (χ3v) is 5.09. The van der Waals surface area contributed by atoms with Crippen LogP contribution in [0.4, 0.5) is 5.69 Å². The zero-order valence-corrected chi connectivity index (χ0v) is 16.6. The second-order valence-electron chi connectivity index (χ2n) is 6.83. The molecule has 0 fully saturated rings. The summed E-state index contributed by atoms with van der Waals surface area (Å²) in [5.41, 5.74) is 4.93. The molecule has 5 heteroatoms. The van der Waals surface area contributed by atoms with E-state index in [1.54, 1.807) is 14.2 Å². The van der Waals surface area contributed by atoms with Gasteiger partial charge in [0.05, 0.1) is 33.1 Å². The van der Waals surface area contributed by atoms with Crippen LogP contribution in [0.1, 0.15) is 11.1 Å². The summed E-state index contributed by atoms with van der Waals surface area (Å²) < 4.78 is 16.5. The number of carbonyl (C=O) groups is 1. The highest BCUT2D eigenvalue weighted by atomic mass is 16.5. The van der Waals surface area contributed by atoms with Crippen LogP contribution in [0.25, 0.3) is 11.1 Å². The van der Waals surface area contributed by atoms with E-state index >= 15 is 0 Å². The summed E-state index contributed by atoms with van der Waals surface area (Å²) >= 11 is 0. The van der Waals surface area contributed by atoms with Crippen LogP contribution in [0.3, 0.4) is 0 Å². The highest BCUT2D eigenvalue weighted by molar-refractivity contribution is 5.96. The van der Waals surface area contributed by atoms with E-state index in [0.29, 0.717) is 24.7 Å². The van der Waals surface area contributed by atoms with Gasteiger partial charge in [-0.3, -0.25) is 4.79 Å². The molecule has 0 saturated carbocycles. The number of carbonyl (C=O) groups excluding carboxylic acids is 1. The van der Waals surface area contributed by atoms with E-state index in [9.17, 15) is 4.79 Å². The number of nitrogens with zero attached hydrogens (tertiary/aromatic N) is 1. The van der Waals surface area contributed by atoms with Crippen LogP contribution in [0.15, 0.2) is 66.7 Å². The molecular weight excluding hydrogens is 366 g/mol. The highest BCUT2D eigenvalue weighted by Crippen LogP contribution is 2.38. The molecule has 3 aromatic carbocycles. The van der Waals surface area contributed by atoms with E-state index in [1.165, 1.54) is 0 Å². The second kappa shape index (κ2) is 8.37. The van der Waals surface area contributed by atoms with Crippen molar-refractivity contribution in [2.24, 2.45) is 0 Å². The molecule has 1 aliphatic heterocycles. The SMILES string of the molecule is COc1ccc(-c2cccc3c2COCC(=O)N3Cc2ccccc2)cc1OC. The number of hydrogen-bond acceptors (Lipinski definition) is 4. The Hall–Kier alpha value is -3.31. The van der Waals surface area contributed by atoms with Gasteiger partial charge >= 0.3 is 0 Å². The van der Waals surface area contributed by atoms with E-state index < -0.39 is 0 Å². The fourth-order valence-electron chi connectivity index (χ4n) is 3.65. The Labute approximate surface area is 170 Å². The van der Waals surface area contributed by atoms with Crippen molar-refractivity contribution >= 4 is 11.6 Å². The molecular formula is C24H23NO4. The molecule has 3 aromatic rings. The number of anilines is 1. The minimum atomic E-state index is -0.0444. The van der Waals surface area contributed by atoms with Crippen molar-refractivity contribution in [3.63, 3.8) is 0 Å². The largest absolute Gasteiger partial charge is 0.493 e. The molecule has 0 spiro atoms. The topological polar surface area (TPSA) is 48.0 Å². The molecule has 0 bridgehead atoms. The van der Waals surface area contributed by atoms with Crippen molar-refractivity contribution in [2.75, 3.05) is 25.7 Å². The van der Waals surface area contributed by atoms with Gasteiger partial charge in [0.15, 0.2) is 11.5 Å². The van der Waals surface area contributed by atoms with Gasteiger partial charge in [-0.15, -0.1) is 0 Å². The molecule has 0 radical (unpaired) electrons. The lowest BCUT2D eigenvalue weighted by Gasteiger charge is -2.24. The van der Waals surface area contributed by atoms with E-state index in [0.717, 1.165) is 27.9 Å². The molecule has 0 aliphatic carbocycles. The molecule has 0 unspecified atom stereocenters. The summed E-state index contributed by atoms with van der Waals surface area (Å²) in [4.78, 5) is 14.6. The first-order chi connectivity index (χ1) is 14.2. The molecule has 1 aliphatic rings. The quantitative estimate of drug-likeness (QED) is 0.648. The second-order valence-corrected chi connectivity index (χ2v) is 6.83. The van der Waals surface area contributed by atoms with Crippen LogP contribution < -0.4 is 14.4 Å². The molecule has 1 amide bonds. The van der Waals surface area contributed by atoms with Crippen molar-refractivity contribution in [2.45, 2.75) is 13.2 Å². The zero-order valence-electron chi connectivity index (χ0n) is 16.6. The molecule has 0 saturated heterocycles. The van der Waals surface area contributed by atoms with Gasteiger partial charge in [0.25, 0.3) is 5.91 Å². The Kier molecular flexibility index (Phi) is 5.49. The van der Waals surface area contributed by atoms with Crippen LogP contribution in [0, 0.1) is 0 Å². The average molecular weight is 389 g/mol. The standard InChI is InChI=1S/C24H23NO4/c1-27-22-12-11-18(13-23(22)28-2)19-9-6-10-21-20(19)15-29-16-24(26)25(21)14-17-7-4-3-5-8-17/h3-13H,14-16H2,1-2H3. The minimum Gasteiger partial charge on any atom is -0.493 e. The fourth-order valence-corrected chi connectivity index (χ4v) is 3.65. The van der Waals surface area contributed by atoms with Gasteiger partial charge in [-0.1, -0.05) is 48.5 Å². The molecule has 1 heterocycles. The van der Waals surface area contributed by atoms with Gasteiger partial charge in [-0.2, -0.15) is 0 Å². The first kappa shape index (κ1) is 19.0. The lowest BCUT2D eigenvalue weighted by molar-refractivity contribution is -0.123. The van der Waals surface area contributed by atoms with E-state index in [4.69, 9.17) is 14.2 Å². The van der Waals surface area contributed by atoms with Crippen LogP contribution in [-0.4, -0.2) is 26.7 Å². The summed E-state index contributed by atoms with van der Waals surface area (Å²) in [6, 6.07) is 21.8. The summed E-state index contributed by atoms with van der Waals surface area (Å²) in [5.74, 6) is 1.29. The third-order valence-electron chi connectivity index (χ3n) is 5.09. The van der Waals surface area contributed by atoms with Gasteiger partial charge < -0.3 is 19.1 Å². The molecule has 0 N–H and O–H groups in total. The maximum absolute atomic E-state index is 12.8. The summed E-state index contributed by atoms with van der Waals surface area (Å²) in [6.45, 7) is 0.940. The molecule has 4 rings (SSSR count). The molecule has 0 aromatic heterocycles. The van der Waals surface area contributed by atoms with Crippen LogP contribution in [0.2, 0.25) is 0 Å². The van der Waals surface area contributed by atoms with Crippen molar-refractivity contribution in [3.05, 3.63) is 77.9 Å². The highest BCUT2D eigenvalue weighted by Gasteiger charge is 2.25. The number of ether oxygens (including phenoxy) is 3. The summed E-state index contributed by atoms with van der Waals surface area (Å²) in [5, 5.41) is 0. The third kappa shape index (κ3) is 3.82. The lowest BCUT2D eigenvalue weighted by atomic mass is 9.97.